The van der Waals surface area contributed by atoms with Crippen LogP contribution in [0.5, 0.6) is 11.5 Å². The Morgan fingerprint density at radius 1 is 1.06 bits per heavy atom. The van der Waals surface area contributed by atoms with Crippen LogP contribution in [0, 0.1) is 6.92 Å². The summed E-state index contributed by atoms with van der Waals surface area (Å²) >= 11 is 6.07. The van der Waals surface area contributed by atoms with E-state index in [1.54, 1.807) is 32.4 Å². The third-order valence-electron chi connectivity index (χ3n) is 5.88. The molecule has 6 heteroatoms. The first kappa shape index (κ1) is 25.0. The van der Waals surface area contributed by atoms with Gasteiger partial charge in [0.2, 0.25) is 0 Å². The third-order valence-corrected chi connectivity index (χ3v) is 6.11. The molecule has 33 heavy (non-hydrogen) atoms. The maximum Gasteiger partial charge on any atom is 0.161 e. The summed E-state index contributed by atoms with van der Waals surface area (Å²) in [6, 6.07) is 17.8. The summed E-state index contributed by atoms with van der Waals surface area (Å²) in [5, 5.41) is 11.6. The lowest BCUT2D eigenvalue weighted by atomic mass is 9.88. The lowest BCUT2D eigenvalue weighted by Gasteiger charge is -2.47. The molecule has 176 valence electrons. The standard InChI is InChI=1S/C25H27ClN2O3.C2H6/c1-17-4-6-18(7-5-17)16-31-22-9-8-19(12-23(22)30-3)20-14-28(15-20)25(2,29)24-13-21(26)10-11-27-24;1-2/h4-13,20,29H,14-16H2,1-3H3;1-2H3. The zero-order valence-electron chi connectivity index (χ0n) is 20.0. The molecule has 1 unspecified atom stereocenters. The molecule has 1 aromatic heterocycles. The Kier molecular flexibility index (Phi) is 8.35. The van der Waals surface area contributed by atoms with Crippen molar-refractivity contribution in [2.75, 3.05) is 20.2 Å². The quantitative estimate of drug-likeness (QED) is 0.466. The normalized spacial score (nSPS) is 15.6. The number of methoxy groups -OCH3 is 1. The highest BCUT2D eigenvalue weighted by molar-refractivity contribution is 6.30. The summed E-state index contributed by atoms with van der Waals surface area (Å²) in [6.07, 6.45) is 1.61. The summed E-state index contributed by atoms with van der Waals surface area (Å²) in [5.41, 5.74) is 2.89. The Hall–Kier alpha value is -2.60. The predicted molar refractivity (Wildman–Crippen MR) is 133 cm³/mol. The molecule has 1 atom stereocenters. The number of hydrogen-bond donors (Lipinski definition) is 1. The molecule has 1 N–H and O–H groups in total. The van der Waals surface area contributed by atoms with E-state index in [4.69, 9.17) is 21.1 Å². The van der Waals surface area contributed by atoms with Crippen LogP contribution in [0.25, 0.3) is 0 Å². The number of pyridine rings is 1. The second kappa shape index (κ2) is 11.0. The van der Waals surface area contributed by atoms with Crippen LogP contribution < -0.4 is 9.47 Å². The Balaban J connectivity index is 0.00000149. The Morgan fingerprint density at radius 3 is 2.39 bits per heavy atom. The van der Waals surface area contributed by atoms with Gasteiger partial charge in [-0.2, -0.15) is 0 Å². The molecule has 0 bridgehead atoms. The number of halogens is 1. The monoisotopic (exact) mass is 468 g/mol. The molecule has 0 amide bonds. The molecule has 3 aromatic rings. The number of rotatable bonds is 7. The van der Waals surface area contributed by atoms with Crippen molar-refractivity contribution in [2.45, 2.75) is 45.9 Å². The van der Waals surface area contributed by atoms with Crippen molar-refractivity contribution in [2.24, 2.45) is 0 Å². The number of aliphatic hydroxyl groups is 1. The Morgan fingerprint density at radius 2 is 1.76 bits per heavy atom. The number of likely N-dealkylation sites (tertiary alicyclic amines) is 1. The Labute approximate surface area is 201 Å². The first-order valence-corrected chi connectivity index (χ1v) is 11.7. The molecule has 0 radical (unpaired) electrons. The minimum Gasteiger partial charge on any atom is -0.493 e. The van der Waals surface area contributed by atoms with Crippen LogP contribution in [0.4, 0.5) is 0 Å². The van der Waals surface area contributed by atoms with Gasteiger partial charge in [0.1, 0.15) is 6.61 Å². The highest BCUT2D eigenvalue weighted by Crippen LogP contribution is 2.39. The molecule has 1 aliphatic heterocycles. The number of hydrogen-bond acceptors (Lipinski definition) is 5. The summed E-state index contributed by atoms with van der Waals surface area (Å²) in [7, 11) is 1.65. The van der Waals surface area contributed by atoms with E-state index in [1.165, 1.54) is 5.56 Å². The third kappa shape index (κ3) is 5.85. The van der Waals surface area contributed by atoms with Gasteiger partial charge < -0.3 is 14.6 Å². The van der Waals surface area contributed by atoms with Crippen LogP contribution >= 0.6 is 11.6 Å². The zero-order valence-corrected chi connectivity index (χ0v) is 20.8. The van der Waals surface area contributed by atoms with Gasteiger partial charge >= 0.3 is 0 Å². The second-order valence-electron chi connectivity index (χ2n) is 8.17. The number of benzene rings is 2. The van der Waals surface area contributed by atoms with Crippen molar-refractivity contribution >= 4 is 11.6 Å². The van der Waals surface area contributed by atoms with E-state index >= 15 is 0 Å². The number of ether oxygens (including phenoxy) is 2. The average molecular weight is 469 g/mol. The van der Waals surface area contributed by atoms with Gasteiger partial charge in [-0.25, -0.2) is 0 Å². The van der Waals surface area contributed by atoms with Gasteiger partial charge in [-0.15, -0.1) is 0 Å². The maximum atomic E-state index is 11.0. The van der Waals surface area contributed by atoms with Gasteiger partial charge in [-0.1, -0.05) is 61.3 Å². The first-order chi connectivity index (χ1) is 15.9. The molecule has 2 heterocycles. The van der Waals surface area contributed by atoms with Crippen molar-refractivity contribution in [3.8, 4) is 11.5 Å². The van der Waals surface area contributed by atoms with Crippen LogP contribution in [0.3, 0.4) is 0 Å². The summed E-state index contributed by atoms with van der Waals surface area (Å²) in [5.74, 6) is 1.73. The van der Waals surface area contributed by atoms with Gasteiger partial charge in [-0.05, 0) is 49.2 Å². The molecule has 1 aliphatic rings. The summed E-state index contributed by atoms with van der Waals surface area (Å²) in [4.78, 5) is 6.28. The van der Waals surface area contributed by atoms with Crippen LogP contribution in [0.2, 0.25) is 5.02 Å². The van der Waals surface area contributed by atoms with Gasteiger partial charge in [-0.3, -0.25) is 9.88 Å². The number of nitrogens with zero attached hydrogens (tertiary/aromatic N) is 2. The molecule has 0 spiro atoms. The van der Waals surface area contributed by atoms with Crippen LogP contribution in [0.1, 0.15) is 49.1 Å². The lowest BCUT2D eigenvalue weighted by molar-refractivity contribution is -0.141. The molecule has 0 saturated carbocycles. The fourth-order valence-corrected chi connectivity index (χ4v) is 3.93. The predicted octanol–water partition coefficient (Wildman–Crippen LogP) is 5.92. The fraction of sp³-hybridized carbons (Fsp3) is 0.370. The van der Waals surface area contributed by atoms with Gasteiger partial charge in [0.05, 0.1) is 12.8 Å². The Bertz CT molecular complexity index is 1050. The highest BCUT2D eigenvalue weighted by Gasteiger charge is 2.41. The van der Waals surface area contributed by atoms with Gasteiger partial charge in [0, 0.05) is 30.2 Å². The molecule has 0 aliphatic carbocycles. The van der Waals surface area contributed by atoms with Crippen LogP contribution in [-0.2, 0) is 12.3 Å². The van der Waals surface area contributed by atoms with E-state index in [0.29, 0.717) is 42.1 Å². The summed E-state index contributed by atoms with van der Waals surface area (Å²) in [6.45, 7) is 9.74. The fourth-order valence-electron chi connectivity index (χ4n) is 3.77. The maximum absolute atomic E-state index is 11.0. The number of aromatic nitrogens is 1. The lowest BCUT2D eigenvalue weighted by Crippen LogP contribution is -2.56. The molecule has 1 saturated heterocycles. The van der Waals surface area contributed by atoms with Gasteiger partial charge in [0.25, 0.3) is 0 Å². The molecule has 1 fully saturated rings. The number of aryl methyl sites for hydroxylation is 1. The van der Waals surface area contributed by atoms with E-state index in [2.05, 4.69) is 42.2 Å². The van der Waals surface area contributed by atoms with Crippen molar-refractivity contribution in [3.63, 3.8) is 0 Å². The van der Waals surface area contributed by atoms with E-state index in [1.807, 2.05) is 30.9 Å². The van der Waals surface area contributed by atoms with E-state index in [-0.39, 0.29) is 0 Å². The largest absolute Gasteiger partial charge is 0.493 e. The first-order valence-electron chi connectivity index (χ1n) is 11.3. The van der Waals surface area contributed by atoms with Crippen LogP contribution in [-0.4, -0.2) is 35.2 Å². The minimum atomic E-state index is -1.16. The average Bonchev–Trinajstić information content (AvgIpc) is 2.79. The summed E-state index contributed by atoms with van der Waals surface area (Å²) < 4.78 is 11.6. The SMILES string of the molecule is CC.COc1cc(C2CN(C(C)(O)c3cc(Cl)ccn3)C2)ccc1OCc1ccc(C)cc1. The van der Waals surface area contributed by atoms with Crippen molar-refractivity contribution < 1.29 is 14.6 Å². The topological polar surface area (TPSA) is 54.8 Å². The van der Waals surface area contributed by atoms with E-state index in [9.17, 15) is 5.11 Å². The van der Waals surface area contributed by atoms with E-state index < -0.39 is 5.72 Å². The van der Waals surface area contributed by atoms with Crippen molar-refractivity contribution in [1.29, 1.82) is 0 Å². The highest BCUT2D eigenvalue weighted by atomic mass is 35.5. The molecule has 5 nitrogen and oxygen atoms in total. The minimum absolute atomic E-state index is 0.297. The van der Waals surface area contributed by atoms with Gasteiger partial charge in [0.15, 0.2) is 17.2 Å². The van der Waals surface area contributed by atoms with Crippen molar-refractivity contribution in [3.05, 3.63) is 88.2 Å². The molecule has 4 rings (SSSR count). The zero-order chi connectivity index (χ0) is 24.0. The smallest absolute Gasteiger partial charge is 0.161 e. The van der Waals surface area contributed by atoms with Crippen molar-refractivity contribution in [1.82, 2.24) is 9.88 Å². The van der Waals surface area contributed by atoms with Crippen LogP contribution in [0.15, 0.2) is 60.8 Å². The molecular weight excluding hydrogens is 436 g/mol. The van der Waals surface area contributed by atoms with E-state index in [0.717, 1.165) is 16.9 Å². The second-order valence-corrected chi connectivity index (χ2v) is 8.60. The molecule has 2 aromatic carbocycles. The molecular formula is C27H33ClN2O3.